The topological polar surface area (TPSA) is 87.7 Å². The molecule has 0 aromatic heterocycles. The number of nitrogens with one attached hydrogen (secondary N) is 2. The number of hydrogen-bond acceptors (Lipinski definition) is 3. The van der Waals surface area contributed by atoms with Crippen molar-refractivity contribution in [1.82, 2.24) is 5.32 Å². The molecule has 0 bridgehead atoms. The summed E-state index contributed by atoms with van der Waals surface area (Å²) in [4.78, 5) is 22.9. The molecule has 1 unspecified atom stereocenters. The Balaban J connectivity index is 2.57. The van der Waals surface area contributed by atoms with Gasteiger partial charge in [-0.3, -0.25) is 4.79 Å². The van der Waals surface area contributed by atoms with Gasteiger partial charge in [-0.05, 0) is 25.5 Å². The van der Waals surface area contributed by atoms with Gasteiger partial charge in [-0.25, -0.2) is 4.79 Å². The summed E-state index contributed by atoms with van der Waals surface area (Å²) < 4.78 is 5.05. The van der Waals surface area contributed by atoms with E-state index in [1.807, 2.05) is 0 Å². The van der Waals surface area contributed by atoms with Crippen LogP contribution in [0.4, 0.5) is 10.5 Å². The number of urea groups is 1. The summed E-state index contributed by atoms with van der Waals surface area (Å²) in [6, 6.07) is 6.47. The van der Waals surface area contributed by atoms with Gasteiger partial charge < -0.3 is 20.5 Å². The molecule has 1 aromatic carbocycles. The Morgan fingerprint density at radius 2 is 2.10 bits per heavy atom. The number of benzene rings is 1. The molecule has 0 saturated carbocycles. The highest BCUT2D eigenvalue weighted by atomic mass is 16.5. The van der Waals surface area contributed by atoms with Gasteiger partial charge in [-0.2, -0.15) is 0 Å². The standard InChI is InChI=1S/C14H20N2O4/c1-4-14(2,12(17)18)9-15-13(19)16-10-6-5-7-11(8-10)20-3/h5-8H,4,9H2,1-3H3,(H,17,18)(H2,15,16,19). The van der Waals surface area contributed by atoms with Crippen molar-refractivity contribution in [3.05, 3.63) is 24.3 Å². The van der Waals surface area contributed by atoms with Crippen LogP contribution in [-0.2, 0) is 4.79 Å². The molecule has 2 amide bonds. The van der Waals surface area contributed by atoms with Crippen LogP contribution in [-0.4, -0.2) is 30.8 Å². The number of carbonyl (C=O) groups excluding carboxylic acids is 1. The molecule has 0 aliphatic rings. The van der Waals surface area contributed by atoms with Crippen LogP contribution >= 0.6 is 0 Å². The van der Waals surface area contributed by atoms with E-state index < -0.39 is 17.4 Å². The van der Waals surface area contributed by atoms with E-state index in [9.17, 15) is 9.59 Å². The second-order valence-electron chi connectivity index (χ2n) is 4.76. The molecule has 110 valence electrons. The summed E-state index contributed by atoms with van der Waals surface area (Å²) in [5, 5.41) is 14.3. The molecule has 0 heterocycles. The summed E-state index contributed by atoms with van der Waals surface area (Å²) in [5.74, 6) is -0.298. The Hall–Kier alpha value is -2.24. The Morgan fingerprint density at radius 1 is 1.40 bits per heavy atom. The molecule has 0 spiro atoms. The van der Waals surface area contributed by atoms with Crippen molar-refractivity contribution in [3.8, 4) is 5.75 Å². The van der Waals surface area contributed by atoms with Crippen LogP contribution in [0.1, 0.15) is 20.3 Å². The third-order valence-electron chi connectivity index (χ3n) is 3.26. The first-order valence-electron chi connectivity index (χ1n) is 6.33. The molecule has 0 saturated heterocycles. The van der Waals surface area contributed by atoms with Gasteiger partial charge in [-0.15, -0.1) is 0 Å². The molecular weight excluding hydrogens is 260 g/mol. The molecule has 0 radical (unpaired) electrons. The lowest BCUT2D eigenvalue weighted by Gasteiger charge is -2.23. The predicted molar refractivity (Wildman–Crippen MR) is 76.0 cm³/mol. The lowest BCUT2D eigenvalue weighted by atomic mass is 9.88. The van der Waals surface area contributed by atoms with E-state index in [0.717, 1.165) is 0 Å². The summed E-state index contributed by atoms with van der Waals surface area (Å²) in [5.41, 5.74) is -0.387. The largest absolute Gasteiger partial charge is 0.497 e. The van der Waals surface area contributed by atoms with Crippen molar-refractivity contribution in [1.29, 1.82) is 0 Å². The Kier molecular flexibility index (Phi) is 5.37. The fourth-order valence-corrected chi connectivity index (χ4v) is 1.50. The zero-order valence-corrected chi connectivity index (χ0v) is 11.9. The molecule has 20 heavy (non-hydrogen) atoms. The normalized spacial score (nSPS) is 13.2. The second kappa shape index (κ2) is 6.79. The third-order valence-corrected chi connectivity index (χ3v) is 3.26. The average Bonchev–Trinajstić information content (AvgIpc) is 2.44. The van der Waals surface area contributed by atoms with Crippen LogP contribution in [0.2, 0.25) is 0 Å². The van der Waals surface area contributed by atoms with Gasteiger partial charge in [-0.1, -0.05) is 13.0 Å². The maximum Gasteiger partial charge on any atom is 0.319 e. The maximum absolute atomic E-state index is 11.7. The molecule has 0 fully saturated rings. The summed E-state index contributed by atoms with van der Waals surface area (Å²) >= 11 is 0. The monoisotopic (exact) mass is 280 g/mol. The molecule has 1 aromatic rings. The van der Waals surface area contributed by atoms with Gasteiger partial charge in [0.1, 0.15) is 5.75 Å². The molecule has 0 aliphatic heterocycles. The number of hydrogen-bond donors (Lipinski definition) is 3. The Labute approximate surface area is 118 Å². The predicted octanol–water partition coefficient (Wildman–Crippen LogP) is 2.32. The van der Waals surface area contributed by atoms with Crippen LogP contribution < -0.4 is 15.4 Å². The Bertz CT molecular complexity index is 490. The summed E-state index contributed by atoms with van der Waals surface area (Å²) in [7, 11) is 1.54. The minimum Gasteiger partial charge on any atom is -0.497 e. The summed E-state index contributed by atoms with van der Waals surface area (Å²) in [6.07, 6.45) is 0.432. The molecular formula is C14H20N2O4. The minimum atomic E-state index is -0.967. The van der Waals surface area contributed by atoms with Crippen molar-refractivity contribution in [2.24, 2.45) is 5.41 Å². The number of methoxy groups -OCH3 is 1. The van der Waals surface area contributed by atoms with Gasteiger partial charge in [0.2, 0.25) is 0 Å². The van der Waals surface area contributed by atoms with Crippen LogP contribution in [0.3, 0.4) is 0 Å². The van der Waals surface area contributed by atoms with Crippen LogP contribution in [0.5, 0.6) is 5.75 Å². The SMILES string of the molecule is CCC(C)(CNC(=O)Nc1cccc(OC)c1)C(=O)O. The smallest absolute Gasteiger partial charge is 0.319 e. The van der Waals surface area contributed by atoms with E-state index in [1.165, 1.54) is 0 Å². The highest BCUT2D eigenvalue weighted by molar-refractivity contribution is 5.89. The first kappa shape index (κ1) is 15.8. The van der Waals surface area contributed by atoms with Crippen LogP contribution in [0.15, 0.2) is 24.3 Å². The zero-order valence-electron chi connectivity index (χ0n) is 11.9. The third kappa shape index (κ3) is 4.15. The van der Waals surface area contributed by atoms with Crippen molar-refractivity contribution < 1.29 is 19.4 Å². The number of rotatable bonds is 6. The quantitative estimate of drug-likeness (QED) is 0.746. The van der Waals surface area contributed by atoms with Gasteiger partial charge in [0, 0.05) is 18.3 Å². The molecule has 6 heteroatoms. The number of anilines is 1. The maximum atomic E-state index is 11.7. The fraction of sp³-hybridized carbons (Fsp3) is 0.429. The fourth-order valence-electron chi connectivity index (χ4n) is 1.50. The number of carboxylic acid groups (broad SMARTS) is 1. The Morgan fingerprint density at radius 3 is 2.65 bits per heavy atom. The number of aliphatic carboxylic acids is 1. The molecule has 1 rings (SSSR count). The molecule has 1 atom stereocenters. The number of carbonyl (C=O) groups is 2. The van der Waals surface area contributed by atoms with Crippen molar-refractivity contribution in [2.45, 2.75) is 20.3 Å². The first-order chi connectivity index (χ1) is 9.41. The van der Waals surface area contributed by atoms with Gasteiger partial charge >= 0.3 is 12.0 Å². The van der Waals surface area contributed by atoms with Crippen molar-refractivity contribution in [3.63, 3.8) is 0 Å². The second-order valence-corrected chi connectivity index (χ2v) is 4.76. The average molecular weight is 280 g/mol. The highest BCUT2D eigenvalue weighted by Gasteiger charge is 2.31. The van der Waals surface area contributed by atoms with E-state index in [1.54, 1.807) is 45.2 Å². The van der Waals surface area contributed by atoms with E-state index in [2.05, 4.69) is 10.6 Å². The van der Waals surface area contributed by atoms with Crippen LogP contribution in [0, 0.1) is 5.41 Å². The number of carboxylic acids is 1. The van der Waals surface area contributed by atoms with Crippen molar-refractivity contribution >= 4 is 17.7 Å². The number of amides is 2. The summed E-state index contributed by atoms with van der Waals surface area (Å²) in [6.45, 7) is 3.44. The van der Waals surface area contributed by atoms with Crippen LogP contribution in [0.25, 0.3) is 0 Å². The van der Waals surface area contributed by atoms with E-state index in [4.69, 9.17) is 9.84 Å². The number of ether oxygens (including phenoxy) is 1. The molecule has 6 nitrogen and oxygen atoms in total. The van der Waals surface area contributed by atoms with Crippen molar-refractivity contribution in [2.75, 3.05) is 19.0 Å². The zero-order chi connectivity index (χ0) is 15.2. The van der Waals surface area contributed by atoms with E-state index in [-0.39, 0.29) is 6.54 Å². The minimum absolute atomic E-state index is 0.0641. The van der Waals surface area contributed by atoms with Gasteiger partial charge in [0.05, 0.1) is 12.5 Å². The highest BCUT2D eigenvalue weighted by Crippen LogP contribution is 2.20. The molecule has 0 aliphatic carbocycles. The molecule has 3 N–H and O–H groups in total. The van der Waals surface area contributed by atoms with Gasteiger partial charge in [0.25, 0.3) is 0 Å². The lowest BCUT2D eigenvalue weighted by molar-refractivity contribution is -0.147. The van der Waals surface area contributed by atoms with E-state index in [0.29, 0.717) is 17.9 Å². The van der Waals surface area contributed by atoms with E-state index >= 15 is 0 Å². The first-order valence-corrected chi connectivity index (χ1v) is 6.33. The lowest BCUT2D eigenvalue weighted by Crippen LogP contribution is -2.42. The van der Waals surface area contributed by atoms with Gasteiger partial charge in [0.15, 0.2) is 0 Å².